The Morgan fingerprint density at radius 1 is 1.45 bits per heavy atom. The Morgan fingerprint density at radius 3 is 3.27 bits per heavy atom. The highest BCUT2D eigenvalue weighted by atomic mass is 16.5. The maximum absolute atomic E-state index is 5.39. The van der Waals surface area contributed by atoms with E-state index in [9.17, 15) is 0 Å². The van der Waals surface area contributed by atoms with Crippen LogP contribution in [0.4, 0.5) is 0 Å². The summed E-state index contributed by atoms with van der Waals surface area (Å²) in [6.07, 6.45) is 7.11. The van der Waals surface area contributed by atoms with Gasteiger partial charge in [-0.2, -0.15) is 0 Å². The van der Waals surface area contributed by atoms with Crippen molar-refractivity contribution in [1.29, 1.82) is 0 Å². The van der Waals surface area contributed by atoms with Crippen molar-refractivity contribution in [3.63, 3.8) is 0 Å². The first-order chi connectivity index (χ1) is 5.36. The van der Waals surface area contributed by atoms with Gasteiger partial charge in [0.25, 0.3) is 0 Å². The second-order valence-corrected chi connectivity index (χ2v) is 2.79. The lowest BCUT2D eigenvalue weighted by Gasteiger charge is -1.94. The van der Waals surface area contributed by atoms with Crippen molar-refractivity contribution in [2.24, 2.45) is 0 Å². The van der Waals surface area contributed by atoms with Gasteiger partial charge in [-0.3, -0.25) is 0 Å². The van der Waals surface area contributed by atoms with Crippen LogP contribution < -0.4 is 0 Å². The summed E-state index contributed by atoms with van der Waals surface area (Å²) in [6.45, 7) is 2.86. The Morgan fingerprint density at radius 2 is 2.36 bits per heavy atom. The number of hydrogen-bond donors (Lipinski definition) is 0. The maximum atomic E-state index is 5.39. The molecule has 1 heteroatoms. The molecule has 0 amide bonds. The standard InChI is InChI=1S/C10H10O/c1-8-2-4-9-6-7-11-10(9)5-3-8/h3-5H,6-7H2,1H3. The summed E-state index contributed by atoms with van der Waals surface area (Å²) in [5.41, 5.74) is 5.61. The van der Waals surface area contributed by atoms with Gasteiger partial charge in [-0.15, -0.1) is 5.73 Å². The molecule has 0 aromatic heterocycles. The van der Waals surface area contributed by atoms with Gasteiger partial charge in [-0.05, 0) is 30.7 Å². The highest BCUT2D eigenvalue weighted by molar-refractivity contribution is 5.38. The summed E-state index contributed by atoms with van der Waals surface area (Å²) in [5, 5.41) is 0. The molecule has 0 spiro atoms. The lowest BCUT2D eigenvalue weighted by Crippen LogP contribution is -1.79. The molecule has 0 bridgehead atoms. The lowest BCUT2D eigenvalue weighted by molar-refractivity contribution is 0.257. The zero-order chi connectivity index (χ0) is 7.68. The highest BCUT2D eigenvalue weighted by Crippen LogP contribution is 2.23. The Labute approximate surface area is 66.4 Å². The molecule has 2 aliphatic rings. The van der Waals surface area contributed by atoms with Crippen LogP contribution in [0.1, 0.15) is 13.3 Å². The molecule has 0 N–H and O–H groups in total. The summed E-state index contributed by atoms with van der Waals surface area (Å²) in [6, 6.07) is 0. The Balaban J connectivity index is 2.43. The predicted molar refractivity (Wildman–Crippen MR) is 44.0 cm³/mol. The van der Waals surface area contributed by atoms with Crippen LogP contribution in [0.15, 0.2) is 40.9 Å². The van der Waals surface area contributed by atoms with Gasteiger partial charge >= 0.3 is 0 Å². The smallest absolute Gasteiger partial charge is 0.123 e. The third-order valence-electron chi connectivity index (χ3n) is 1.90. The monoisotopic (exact) mass is 146 g/mol. The molecular formula is C10H10O. The Hall–Kier alpha value is -1.20. The van der Waals surface area contributed by atoms with Gasteiger partial charge in [0.1, 0.15) is 5.76 Å². The van der Waals surface area contributed by atoms with Gasteiger partial charge in [-0.25, -0.2) is 0 Å². The molecule has 1 aliphatic carbocycles. The van der Waals surface area contributed by atoms with Crippen molar-refractivity contribution >= 4 is 0 Å². The molecule has 0 radical (unpaired) electrons. The highest BCUT2D eigenvalue weighted by Gasteiger charge is 2.11. The predicted octanol–water partition coefficient (Wildman–Crippen LogP) is 2.33. The van der Waals surface area contributed by atoms with Crippen molar-refractivity contribution in [1.82, 2.24) is 0 Å². The fourth-order valence-corrected chi connectivity index (χ4v) is 1.24. The molecular weight excluding hydrogens is 136 g/mol. The van der Waals surface area contributed by atoms with Crippen LogP contribution in [0, 0.1) is 0 Å². The number of allylic oxidation sites excluding steroid dienone is 3. The van der Waals surface area contributed by atoms with E-state index in [1.54, 1.807) is 0 Å². The van der Waals surface area contributed by atoms with Gasteiger partial charge in [0.05, 0.1) is 6.61 Å². The van der Waals surface area contributed by atoms with E-state index < -0.39 is 0 Å². The number of ether oxygens (including phenoxy) is 1. The second-order valence-electron chi connectivity index (χ2n) is 2.79. The van der Waals surface area contributed by atoms with Crippen LogP contribution in [0.5, 0.6) is 0 Å². The molecule has 0 saturated heterocycles. The average molecular weight is 146 g/mol. The largest absolute Gasteiger partial charge is 0.493 e. The summed E-state index contributed by atoms with van der Waals surface area (Å²) in [4.78, 5) is 0. The van der Waals surface area contributed by atoms with Crippen molar-refractivity contribution in [2.75, 3.05) is 6.61 Å². The van der Waals surface area contributed by atoms with E-state index in [0.717, 1.165) is 24.4 Å². The van der Waals surface area contributed by atoms with Crippen LogP contribution in [-0.2, 0) is 4.74 Å². The Kier molecular flexibility index (Phi) is 1.45. The van der Waals surface area contributed by atoms with Crippen LogP contribution in [0.25, 0.3) is 0 Å². The molecule has 0 saturated carbocycles. The molecule has 0 atom stereocenters. The van der Waals surface area contributed by atoms with Gasteiger partial charge < -0.3 is 4.74 Å². The zero-order valence-electron chi connectivity index (χ0n) is 6.55. The minimum atomic E-state index is 0.826. The molecule has 0 aromatic rings. The third-order valence-corrected chi connectivity index (χ3v) is 1.90. The zero-order valence-corrected chi connectivity index (χ0v) is 6.55. The average Bonchev–Trinajstić information content (AvgIpc) is 2.38. The molecule has 2 rings (SSSR count). The number of hydrogen-bond acceptors (Lipinski definition) is 1. The molecule has 11 heavy (non-hydrogen) atoms. The normalized spacial score (nSPS) is 21.0. The fourth-order valence-electron chi connectivity index (χ4n) is 1.24. The minimum absolute atomic E-state index is 0.826. The quantitative estimate of drug-likeness (QED) is 0.476. The lowest BCUT2D eigenvalue weighted by atomic mass is 10.2. The van der Waals surface area contributed by atoms with E-state index in [2.05, 4.69) is 5.73 Å². The molecule has 0 fully saturated rings. The summed E-state index contributed by atoms with van der Waals surface area (Å²) in [5.74, 6) is 1.02. The molecule has 0 unspecified atom stereocenters. The van der Waals surface area contributed by atoms with Crippen LogP contribution in [0.3, 0.4) is 0 Å². The van der Waals surface area contributed by atoms with Crippen molar-refractivity contribution in [3.05, 3.63) is 40.9 Å². The van der Waals surface area contributed by atoms with E-state index in [4.69, 9.17) is 4.74 Å². The van der Waals surface area contributed by atoms with E-state index in [-0.39, 0.29) is 0 Å². The number of rotatable bonds is 0. The second kappa shape index (κ2) is 2.44. The van der Waals surface area contributed by atoms with Crippen molar-refractivity contribution in [2.45, 2.75) is 13.3 Å². The molecule has 1 heterocycles. The van der Waals surface area contributed by atoms with Gasteiger partial charge in [0, 0.05) is 12.0 Å². The van der Waals surface area contributed by atoms with E-state index >= 15 is 0 Å². The van der Waals surface area contributed by atoms with Crippen molar-refractivity contribution in [3.8, 4) is 0 Å². The molecule has 0 aromatic carbocycles. The summed E-state index contributed by atoms with van der Waals surface area (Å²) < 4.78 is 5.39. The maximum Gasteiger partial charge on any atom is 0.123 e. The van der Waals surface area contributed by atoms with Crippen LogP contribution in [-0.4, -0.2) is 6.61 Å². The minimum Gasteiger partial charge on any atom is -0.493 e. The first-order valence-electron chi connectivity index (χ1n) is 3.83. The fraction of sp³-hybridized carbons (Fsp3) is 0.300. The molecule has 1 aliphatic heterocycles. The SMILES string of the molecule is CC1=C=CC2=C(C=C1)OCC2. The molecule has 1 nitrogen and oxygen atoms in total. The van der Waals surface area contributed by atoms with Crippen LogP contribution >= 0.6 is 0 Å². The van der Waals surface area contributed by atoms with E-state index in [1.807, 2.05) is 25.2 Å². The van der Waals surface area contributed by atoms with Crippen molar-refractivity contribution < 1.29 is 4.74 Å². The third kappa shape index (κ3) is 1.15. The van der Waals surface area contributed by atoms with Gasteiger partial charge in [-0.1, -0.05) is 0 Å². The Bertz CT molecular complexity index is 299. The van der Waals surface area contributed by atoms with Crippen LogP contribution in [0.2, 0.25) is 0 Å². The van der Waals surface area contributed by atoms with E-state index in [1.165, 1.54) is 5.57 Å². The first kappa shape index (κ1) is 6.51. The van der Waals surface area contributed by atoms with Gasteiger partial charge in [0.15, 0.2) is 0 Å². The first-order valence-corrected chi connectivity index (χ1v) is 3.83. The van der Waals surface area contributed by atoms with E-state index in [0.29, 0.717) is 0 Å². The van der Waals surface area contributed by atoms with Gasteiger partial charge in [0.2, 0.25) is 0 Å². The topological polar surface area (TPSA) is 9.23 Å². The molecule has 56 valence electrons. The summed E-state index contributed by atoms with van der Waals surface area (Å²) >= 11 is 0. The summed E-state index contributed by atoms with van der Waals surface area (Å²) in [7, 11) is 0.